The fourth-order valence-corrected chi connectivity index (χ4v) is 4.03. The van der Waals surface area contributed by atoms with Crippen LogP contribution in [0.1, 0.15) is 17.0 Å². The van der Waals surface area contributed by atoms with Gasteiger partial charge in [-0.1, -0.05) is 18.2 Å². The van der Waals surface area contributed by atoms with Crippen LogP contribution in [-0.4, -0.2) is 48.5 Å². The van der Waals surface area contributed by atoms with E-state index in [9.17, 15) is 14.4 Å². The Bertz CT molecular complexity index is 1270. The van der Waals surface area contributed by atoms with E-state index in [-0.39, 0.29) is 5.57 Å². The third kappa shape index (κ3) is 3.82. The van der Waals surface area contributed by atoms with Crippen LogP contribution in [0.15, 0.2) is 66.2 Å². The van der Waals surface area contributed by atoms with Gasteiger partial charge in [-0.25, -0.2) is 9.69 Å². The van der Waals surface area contributed by atoms with Gasteiger partial charge in [-0.3, -0.25) is 14.5 Å². The molecule has 7 heteroatoms. The SMILES string of the molecule is Cc1cc(/C=C2\C(=O)N(C)C(=O)N(c3ccccc3)C2=O)c(C)n1-c1ccc(N(C)C)cc1. The molecule has 2 aromatic carbocycles. The summed E-state index contributed by atoms with van der Waals surface area (Å²) in [6.45, 7) is 3.92. The maximum Gasteiger partial charge on any atom is 0.338 e. The van der Waals surface area contributed by atoms with E-state index in [0.717, 1.165) is 38.1 Å². The van der Waals surface area contributed by atoms with E-state index in [1.165, 1.54) is 7.05 Å². The van der Waals surface area contributed by atoms with Crippen molar-refractivity contribution in [3.05, 3.63) is 83.2 Å². The monoisotopic (exact) mass is 442 g/mol. The minimum absolute atomic E-state index is 0.0517. The van der Waals surface area contributed by atoms with E-state index in [2.05, 4.69) is 4.57 Å². The first-order valence-corrected chi connectivity index (χ1v) is 10.6. The molecule has 168 valence electrons. The van der Waals surface area contributed by atoms with Crippen molar-refractivity contribution in [2.24, 2.45) is 0 Å². The Morgan fingerprint density at radius 3 is 2.06 bits per heavy atom. The van der Waals surface area contributed by atoms with Crippen LogP contribution in [0.2, 0.25) is 0 Å². The molecule has 1 aliphatic heterocycles. The molecule has 0 radical (unpaired) electrons. The molecule has 0 atom stereocenters. The highest BCUT2D eigenvalue weighted by Crippen LogP contribution is 2.28. The molecule has 0 unspecified atom stereocenters. The molecule has 0 saturated carbocycles. The number of benzene rings is 2. The number of aromatic nitrogens is 1. The second-order valence-electron chi connectivity index (χ2n) is 8.25. The van der Waals surface area contributed by atoms with E-state index in [1.54, 1.807) is 36.4 Å². The van der Waals surface area contributed by atoms with E-state index in [1.807, 2.05) is 63.2 Å². The van der Waals surface area contributed by atoms with Crippen molar-refractivity contribution in [2.45, 2.75) is 13.8 Å². The summed E-state index contributed by atoms with van der Waals surface area (Å²) in [7, 11) is 5.37. The third-order valence-corrected chi connectivity index (χ3v) is 5.86. The molecule has 0 spiro atoms. The molecule has 0 bridgehead atoms. The molecule has 1 aliphatic rings. The Labute approximate surface area is 193 Å². The Balaban J connectivity index is 1.76. The summed E-state index contributed by atoms with van der Waals surface area (Å²) < 4.78 is 2.08. The van der Waals surface area contributed by atoms with Crippen molar-refractivity contribution >= 4 is 35.3 Å². The quantitative estimate of drug-likeness (QED) is 0.449. The van der Waals surface area contributed by atoms with Gasteiger partial charge in [0.15, 0.2) is 0 Å². The molecule has 1 fully saturated rings. The van der Waals surface area contributed by atoms with Crippen LogP contribution in [0, 0.1) is 13.8 Å². The lowest BCUT2D eigenvalue weighted by Gasteiger charge is -2.31. The van der Waals surface area contributed by atoms with Crippen molar-refractivity contribution in [1.82, 2.24) is 9.47 Å². The Kier molecular flexibility index (Phi) is 5.64. The van der Waals surface area contributed by atoms with E-state index >= 15 is 0 Å². The Morgan fingerprint density at radius 1 is 0.818 bits per heavy atom. The van der Waals surface area contributed by atoms with Crippen molar-refractivity contribution in [1.29, 1.82) is 0 Å². The van der Waals surface area contributed by atoms with E-state index < -0.39 is 17.8 Å². The van der Waals surface area contributed by atoms with Crippen LogP contribution in [0.4, 0.5) is 16.2 Å². The van der Waals surface area contributed by atoms with Gasteiger partial charge >= 0.3 is 6.03 Å². The lowest BCUT2D eigenvalue weighted by molar-refractivity contribution is -0.128. The van der Waals surface area contributed by atoms with Gasteiger partial charge in [0, 0.05) is 43.9 Å². The van der Waals surface area contributed by atoms with Gasteiger partial charge in [0.1, 0.15) is 5.57 Å². The standard InChI is InChI=1S/C26H26N4O3/c1-17-15-19(18(2)29(17)22-13-11-20(12-14-22)27(3)4)16-23-24(31)28(5)26(33)30(25(23)32)21-9-7-6-8-10-21/h6-16H,1-5H3/b23-16+. The number of anilines is 2. The van der Waals surface area contributed by atoms with Crippen LogP contribution < -0.4 is 9.80 Å². The predicted molar refractivity (Wildman–Crippen MR) is 130 cm³/mol. The summed E-state index contributed by atoms with van der Waals surface area (Å²) in [5.41, 5.74) is 5.06. The summed E-state index contributed by atoms with van der Waals surface area (Å²) >= 11 is 0. The number of hydrogen-bond acceptors (Lipinski definition) is 4. The highest BCUT2D eigenvalue weighted by molar-refractivity contribution is 6.39. The maximum atomic E-state index is 13.2. The fourth-order valence-electron chi connectivity index (χ4n) is 4.03. The van der Waals surface area contributed by atoms with Gasteiger partial charge < -0.3 is 9.47 Å². The molecule has 4 amide bonds. The minimum Gasteiger partial charge on any atom is -0.378 e. The Morgan fingerprint density at radius 2 is 1.45 bits per heavy atom. The number of hydrogen-bond donors (Lipinski definition) is 0. The number of imide groups is 2. The minimum atomic E-state index is -0.667. The summed E-state index contributed by atoms with van der Waals surface area (Å²) in [6.07, 6.45) is 1.58. The molecule has 33 heavy (non-hydrogen) atoms. The van der Waals surface area contributed by atoms with Gasteiger partial charge in [0.2, 0.25) is 0 Å². The molecule has 1 aromatic heterocycles. The number of barbiturate groups is 1. The second-order valence-corrected chi connectivity index (χ2v) is 8.25. The molecule has 0 aliphatic carbocycles. The number of para-hydroxylation sites is 1. The number of nitrogens with zero attached hydrogens (tertiary/aromatic N) is 4. The number of likely N-dealkylation sites (N-methyl/N-ethyl adjacent to an activating group) is 1. The highest BCUT2D eigenvalue weighted by atomic mass is 16.2. The summed E-state index contributed by atoms with van der Waals surface area (Å²) in [5, 5.41) is 0. The van der Waals surface area contributed by atoms with Gasteiger partial charge in [-0.2, -0.15) is 0 Å². The zero-order valence-electron chi connectivity index (χ0n) is 19.4. The summed E-state index contributed by atoms with van der Waals surface area (Å²) in [5.74, 6) is -1.24. The average molecular weight is 443 g/mol. The normalized spacial score (nSPS) is 15.5. The number of rotatable bonds is 4. The van der Waals surface area contributed by atoms with Crippen LogP contribution in [0.3, 0.4) is 0 Å². The molecule has 2 heterocycles. The maximum absolute atomic E-state index is 13.2. The molecule has 7 nitrogen and oxygen atoms in total. The van der Waals surface area contributed by atoms with E-state index in [0.29, 0.717) is 5.69 Å². The molecule has 1 saturated heterocycles. The number of urea groups is 1. The zero-order chi connectivity index (χ0) is 23.9. The topological polar surface area (TPSA) is 65.9 Å². The first kappa shape index (κ1) is 22.1. The van der Waals surface area contributed by atoms with E-state index in [4.69, 9.17) is 0 Å². The van der Waals surface area contributed by atoms with Crippen molar-refractivity contribution in [3.63, 3.8) is 0 Å². The van der Waals surface area contributed by atoms with Crippen molar-refractivity contribution in [2.75, 3.05) is 30.9 Å². The number of carbonyl (C=O) groups is 3. The number of amides is 4. The Hall–Kier alpha value is -4.13. The van der Waals surface area contributed by atoms with Crippen molar-refractivity contribution < 1.29 is 14.4 Å². The second kappa shape index (κ2) is 8.43. The first-order valence-electron chi connectivity index (χ1n) is 10.6. The van der Waals surface area contributed by atoms with Gasteiger partial charge in [-0.05, 0) is 68.0 Å². The molecular formula is C26H26N4O3. The molecule has 3 aromatic rings. The molecule has 4 rings (SSSR count). The van der Waals surface area contributed by atoms with Crippen LogP contribution >= 0.6 is 0 Å². The lowest BCUT2D eigenvalue weighted by Crippen LogP contribution is -2.55. The first-order chi connectivity index (χ1) is 15.7. The highest BCUT2D eigenvalue weighted by Gasteiger charge is 2.41. The average Bonchev–Trinajstić information content (AvgIpc) is 3.09. The summed E-state index contributed by atoms with van der Waals surface area (Å²) in [4.78, 5) is 42.9. The van der Waals surface area contributed by atoms with Crippen LogP contribution in [-0.2, 0) is 9.59 Å². The predicted octanol–water partition coefficient (Wildman–Crippen LogP) is 4.17. The fraction of sp³-hybridized carbons (Fsp3) is 0.192. The van der Waals surface area contributed by atoms with Gasteiger partial charge in [-0.15, -0.1) is 0 Å². The number of aryl methyl sites for hydroxylation is 1. The molecular weight excluding hydrogens is 416 g/mol. The zero-order valence-corrected chi connectivity index (χ0v) is 19.4. The largest absolute Gasteiger partial charge is 0.378 e. The van der Waals surface area contributed by atoms with Crippen molar-refractivity contribution in [3.8, 4) is 5.69 Å². The van der Waals surface area contributed by atoms with Gasteiger partial charge in [0.05, 0.1) is 5.69 Å². The molecule has 0 N–H and O–H groups in total. The van der Waals surface area contributed by atoms with Crippen LogP contribution in [0.5, 0.6) is 0 Å². The summed E-state index contributed by atoms with van der Waals surface area (Å²) in [6, 6.07) is 18.0. The third-order valence-electron chi connectivity index (χ3n) is 5.86. The smallest absolute Gasteiger partial charge is 0.338 e. The van der Waals surface area contributed by atoms with Gasteiger partial charge in [0.25, 0.3) is 11.8 Å². The van der Waals surface area contributed by atoms with Crippen LogP contribution in [0.25, 0.3) is 11.8 Å². The number of carbonyl (C=O) groups excluding carboxylic acids is 3. The lowest BCUT2D eigenvalue weighted by atomic mass is 10.1.